The number of nitrogens with zero attached hydrogens (tertiary/aromatic N) is 2. The van der Waals surface area contributed by atoms with E-state index in [1.807, 2.05) is 0 Å². The van der Waals surface area contributed by atoms with Gasteiger partial charge >= 0.3 is 22.3 Å². The number of aromatic hydroxyl groups is 2. The summed E-state index contributed by atoms with van der Waals surface area (Å²) in [5.74, 6) is -1.61. The molecule has 1 atom stereocenters. The van der Waals surface area contributed by atoms with Crippen LogP contribution in [0.15, 0.2) is 53.6 Å². The van der Waals surface area contributed by atoms with Crippen molar-refractivity contribution < 1.29 is 37.8 Å². The van der Waals surface area contributed by atoms with Gasteiger partial charge in [-0.2, -0.15) is 18.4 Å². The van der Waals surface area contributed by atoms with Crippen molar-refractivity contribution in [2.24, 2.45) is 5.10 Å². The molecule has 14 heteroatoms. The lowest BCUT2D eigenvalue weighted by atomic mass is 10.1. The Labute approximate surface area is 187 Å². The van der Waals surface area contributed by atoms with Crippen LogP contribution in [0.2, 0.25) is 0 Å². The summed E-state index contributed by atoms with van der Waals surface area (Å²) in [7, 11) is -4.46. The van der Waals surface area contributed by atoms with Crippen LogP contribution in [0.1, 0.15) is 11.1 Å². The minimum atomic E-state index is -4.46. The van der Waals surface area contributed by atoms with Gasteiger partial charge in [0.25, 0.3) is 5.91 Å². The Morgan fingerprint density at radius 1 is 1.15 bits per heavy atom. The van der Waals surface area contributed by atoms with Crippen molar-refractivity contribution in [1.82, 2.24) is 19.8 Å². The van der Waals surface area contributed by atoms with E-state index in [1.165, 1.54) is 12.1 Å². The number of hydrogen-bond acceptors (Lipinski definition) is 9. The molecule has 1 saturated heterocycles. The first-order chi connectivity index (χ1) is 15.6. The molecular formula is C19H19N5O8S. The van der Waals surface area contributed by atoms with Gasteiger partial charge in [0.2, 0.25) is 0 Å². The van der Waals surface area contributed by atoms with Gasteiger partial charge in [0.1, 0.15) is 12.6 Å². The van der Waals surface area contributed by atoms with Crippen LogP contribution in [0.25, 0.3) is 0 Å². The fraction of sp³-hybridized carbons (Fsp3) is 0.158. The lowest BCUT2D eigenvalue weighted by Gasteiger charge is -2.36. The highest BCUT2D eigenvalue weighted by Gasteiger charge is 2.43. The zero-order chi connectivity index (χ0) is 24.0. The number of alkyl carbamates (subject to hydrolysis) is 1. The average Bonchev–Trinajstić information content (AvgIpc) is 2.77. The molecule has 0 aromatic heterocycles. The second-order valence-electron chi connectivity index (χ2n) is 6.72. The predicted molar refractivity (Wildman–Crippen MR) is 113 cm³/mol. The zero-order valence-corrected chi connectivity index (χ0v) is 17.7. The number of amides is 4. The van der Waals surface area contributed by atoms with E-state index < -0.39 is 40.0 Å². The number of imide groups is 1. The molecule has 0 bridgehead atoms. The molecule has 0 saturated carbocycles. The number of likely N-dealkylation sites (tertiary alicyclic amines) is 1. The molecule has 33 heavy (non-hydrogen) atoms. The van der Waals surface area contributed by atoms with E-state index in [2.05, 4.69) is 10.4 Å². The molecule has 1 fully saturated rings. The fourth-order valence-corrected chi connectivity index (χ4v) is 3.18. The van der Waals surface area contributed by atoms with Crippen LogP contribution < -0.4 is 14.9 Å². The normalized spacial score (nSPS) is 15.6. The van der Waals surface area contributed by atoms with E-state index in [4.69, 9.17) is 4.74 Å². The van der Waals surface area contributed by atoms with E-state index in [0.29, 0.717) is 4.90 Å². The zero-order valence-electron chi connectivity index (χ0n) is 16.8. The van der Waals surface area contributed by atoms with Gasteiger partial charge in [0, 0.05) is 0 Å². The number of benzene rings is 2. The molecule has 3 rings (SSSR count). The van der Waals surface area contributed by atoms with E-state index in [1.54, 1.807) is 39.9 Å². The number of carbonyl (C=O) groups is 3. The smallest absolute Gasteiger partial charge is 0.408 e. The van der Waals surface area contributed by atoms with Gasteiger partial charge in [0.05, 0.1) is 12.8 Å². The van der Waals surface area contributed by atoms with Gasteiger partial charge < -0.3 is 20.3 Å². The number of ether oxygens (including phenoxy) is 1. The first kappa shape index (κ1) is 23.3. The van der Waals surface area contributed by atoms with E-state index in [9.17, 15) is 33.0 Å². The molecule has 4 amide bonds. The third kappa shape index (κ3) is 6.33. The number of phenolic OH excluding ortho intramolecular Hbond substituents is 2. The summed E-state index contributed by atoms with van der Waals surface area (Å²) in [5.41, 5.74) is 1.00. The molecular weight excluding hydrogens is 458 g/mol. The van der Waals surface area contributed by atoms with Crippen molar-refractivity contribution in [2.75, 3.05) is 6.54 Å². The van der Waals surface area contributed by atoms with Crippen LogP contribution in [0.5, 0.6) is 11.5 Å². The van der Waals surface area contributed by atoms with Gasteiger partial charge in [-0.15, -0.1) is 0 Å². The summed E-state index contributed by atoms with van der Waals surface area (Å²) >= 11 is 0. The van der Waals surface area contributed by atoms with E-state index in [-0.39, 0.29) is 24.5 Å². The molecule has 1 heterocycles. The topological polar surface area (TPSA) is 187 Å². The van der Waals surface area contributed by atoms with Crippen molar-refractivity contribution in [3.63, 3.8) is 0 Å². The predicted octanol–water partition coefficient (Wildman–Crippen LogP) is 0.113. The van der Waals surface area contributed by atoms with Gasteiger partial charge in [-0.05, 0) is 29.3 Å². The lowest BCUT2D eigenvalue weighted by molar-refractivity contribution is -0.139. The summed E-state index contributed by atoms with van der Waals surface area (Å²) in [4.78, 5) is 38.2. The number of phenols is 2. The van der Waals surface area contributed by atoms with Crippen LogP contribution in [-0.4, -0.2) is 60.4 Å². The first-order valence-electron chi connectivity index (χ1n) is 9.32. The third-order valence-corrected chi connectivity index (χ3v) is 5.08. The standard InChI is InChI=1S/C19H19N5O8S/c25-15-7-6-13(8-16(15)26)9-20-23-33(30,31)22-18(28)24-10-14(17(24)27)21-19(29)32-11-12-4-2-1-3-5-12/h1-9,14,23,25-26H,10-11H2,(H,21,29)(H,22,28)/t14-/m0/s1. The highest BCUT2D eigenvalue weighted by Crippen LogP contribution is 2.23. The summed E-state index contributed by atoms with van der Waals surface area (Å²) in [6.45, 7) is -0.261. The quantitative estimate of drug-likeness (QED) is 0.161. The molecule has 0 aliphatic carbocycles. The molecule has 0 spiro atoms. The number of hydrazone groups is 1. The van der Waals surface area contributed by atoms with Crippen LogP contribution in [0, 0.1) is 0 Å². The highest BCUT2D eigenvalue weighted by molar-refractivity contribution is 7.88. The Morgan fingerprint density at radius 2 is 1.88 bits per heavy atom. The van der Waals surface area contributed by atoms with Crippen molar-refractivity contribution in [2.45, 2.75) is 12.6 Å². The minimum absolute atomic E-state index is 0.00796. The van der Waals surface area contributed by atoms with Crippen LogP contribution >= 0.6 is 0 Å². The van der Waals surface area contributed by atoms with Gasteiger partial charge in [-0.1, -0.05) is 30.3 Å². The van der Waals surface area contributed by atoms with Crippen LogP contribution in [0.3, 0.4) is 0 Å². The summed E-state index contributed by atoms with van der Waals surface area (Å²) in [6.07, 6.45) is 0.153. The van der Waals surface area contributed by atoms with Gasteiger partial charge in [-0.25, -0.2) is 14.3 Å². The van der Waals surface area contributed by atoms with Gasteiger partial charge in [-0.3, -0.25) is 9.69 Å². The summed E-state index contributed by atoms with van der Waals surface area (Å²) < 4.78 is 30.4. The number of rotatable bonds is 7. The van der Waals surface area contributed by atoms with Crippen molar-refractivity contribution in [3.8, 4) is 11.5 Å². The number of carbonyl (C=O) groups excluding carboxylic acids is 3. The van der Waals surface area contributed by atoms with Crippen LogP contribution in [0.4, 0.5) is 9.59 Å². The highest BCUT2D eigenvalue weighted by atomic mass is 32.2. The Morgan fingerprint density at radius 3 is 2.55 bits per heavy atom. The Balaban J connectivity index is 1.43. The molecule has 1 aliphatic heterocycles. The Kier molecular flexibility index (Phi) is 6.97. The SMILES string of the molecule is O=C(N[C@H]1CN(C(=O)NS(=O)(=O)NN=Cc2ccc(O)c(O)c2)C1=O)OCc1ccccc1. The van der Waals surface area contributed by atoms with Crippen LogP contribution in [-0.2, 0) is 26.3 Å². The summed E-state index contributed by atoms with van der Waals surface area (Å²) in [6, 6.07) is 10.2. The first-order valence-corrected chi connectivity index (χ1v) is 10.8. The molecule has 2 aromatic rings. The maximum atomic E-state index is 12.1. The van der Waals surface area contributed by atoms with Crippen molar-refractivity contribution in [3.05, 3.63) is 59.7 Å². The lowest BCUT2D eigenvalue weighted by Crippen LogP contribution is -2.67. The molecule has 0 unspecified atom stereocenters. The molecule has 5 N–H and O–H groups in total. The third-order valence-electron chi connectivity index (χ3n) is 4.29. The number of urea groups is 1. The number of nitrogens with one attached hydrogen (secondary N) is 3. The van der Waals surface area contributed by atoms with Crippen molar-refractivity contribution >= 4 is 34.5 Å². The molecule has 13 nitrogen and oxygen atoms in total. The average molecular weight is 477 g/mol. The minimum Gasteiger partial charge on any atom is -0.504 e. The van der Waals surface area contributed by atoms with Gasteiger partial charge in [0.15, 0.2) is 11.5 Å². The van der Waals surface area contributed by atoms with E-state index >= 15 is 0 Å². The Hall–Kier alpha value is -4.33. The molecule has 2 aromatic carbocycles. The second-order valence-corrected chi connectivity index (χ2v) is 8.11. The largest absolute Gasteiger partial charge is 0.504 e. The number of hydrogen-bond donors (Lipinski definition) is 5. The monoisotopic (exact) mass is 477 g/mol. The fourth-order valence-electron chi connectivity index (χ4n) is 2.61. The number of β-lactam (4-membered cyclic amide) rings is 1. The van der Waals surface area contributed by atoms with Crippen molar-refractivity contribution in [1.29, 1.82) is 0 Å². The Bertz CT molecular complexity index is 1190. The maximum Gasteiger partial charge on any atom is 0.408 e. The molecule has 0 radical (unpaired) electrons. The summed E-state index contributed by atoms with van der Waals surface area (Å²) in [5, 5.41) is 24.3. The van der Waals surface area contributed by atoms with E-state index in [0.717, 1.165) is 17.8 Å². The molecule has 174 valence electrons. The second kappa shape index (κ2) is 9.86. The maximum absolute atomic E-state index is 12.1. The molecule has 1 aliphatic rings.